The molecule has 6 nitrogen and oxygen atoms in total. The Morgan fingerprint density at radius 1 is 0.292 bits per heavy atom. The zero-order chi connectivity index (χ0) is 52.0. The van der Waals surface area contributed by atoms with E-state index in [1.807, 2.05) is 0 Å². The number of unbranched alkanes of at least 4 members (excludes halogenated alkanes) is 8. The van der Waals surface area contributed by atoms with Crippen LogP contribution in [0, 0.1) is 0 Å². The van der Waals surface area contributed by atoms with Gasteiger partial charge in [0.15, 0.2) is 0 Å². The first-order chi connectivity index (χ1) is 34.2. The molecule has 0 heterocycles. The number of hydrogen-bond acceptors (Lipinski definition) is 6. The predicted octanol–water partition coefficient (Wildman–Crippen LogP) is 16.5. The number of rotatable bonds is 30. The van der Waals surface area contributed by atoms with Crippen LogP contribution in [-0.4, -0.2) is 26.4 Å². The van der Waals surface area contributed by atoms with Gasteiger partial charge in [0.25, 0.3) is 0 Å². The van der Waals surface area contributed by atoms with Gasteiger partial charge in [-0.1, -0.05) is 207 Å². The van der Waals surface area contributed by atoms with E-state index in [2.05, 4.69) is 203 Å². The van der Waals surface area contributed by atoms with Gasteiger partial charge in [0.1, 0.15) is 11.5 Å². The van der Waals surface area contributed by atoms with E-state index in [-0.39, 0.29) is 21.7 Å². The zero-order valence-electron chi connectivity index (χ0n) is 47.2. The van der Waals surface area contributed by atoms with Crippen LogP contribution in [-0.2, 0) is 70.5 Å². The van der Waals surface area contributed by atoms with E-state index in [0.717, 1.165) is 89.8 Å². The fourth-order valence-electron chi connectivity index (χ4n) is 8.51. The highest BCUT2D eigenvalue weighted by Gasteiger charge is 2.22. The first-order valence-electron chi connectivity index (χ1n) is 27.6. The Bertz CT molecular complexity index is 2060. The third kappa shape index (κ3) is 21.9. The lowest BCUT2D eigenvalue weighted by atomic mass is 9.80. The summed E-state index contributed by atoms with van der Waals surface area (Å²) in [6, 6.07) is 40.2. The van der Waals surface area contributed by atoms with Gasteiger partial charge in [0.05, 0.1) is 26.4 Å². The second kappa shape index (κ2) is 28.8. The molecule has 5 aromatic carbocycles. The molecule has 0 aromatic heterocycles. The van der Waals surface area contributed by atoms with Crippen molar-refractivity contribution in [3.05, 3.63) is 165 Å². The number of hydrogen-bond donors (Lipinski definition) is 2. The topological polar surface area (TPSA) is 61.0 Å². The first-order valence-corrected chi connectivity index (χ1v) is 27.6. The van der Waals surface area contributed by atoms with Crippen molar-refractivity contribution < 1.29 is 18.9 Å². The van der Waals surface area contributed by atoms with Gasteiger partial charge in [-0.3, -0.25) is 0 Å². The van der Waals surface area contributed by atoms with Gasteiger partial charge in [-0.2, -0.15) is 0 Å². The molecule has 6 heteroatoms. The molecule has 72 heavy (non-hydrogen) atoms. The standard InChI is InChI=1S/C66H96N2O4/c1-63(2,3)57-39-58(64(4,5)6)42-61(41-57)71-37-21-17-13-15-19-35-69-49-55-31-27-53(28-32-55)47-67-45-51-23-25-52(26-24-51)46-68-48-54-29-33-56(34-30-54)50-70-36-20-16-14-18-22-38-72-62-43-59(65(7,8)9)40-60(44-62)66(10,11)12/h23-34,39-44,67-68H,13-22,35-38,45-50H2,1-12H3. The molecule has 0 radical (unpaired) electrons. The second-order valence-corrected chi connectivity index (χ2v) is 24.5. The van der Waals surface area contributed by atoms with Crippen molar-refractivity contribution in [1.29, 1.82) is 0 Å². The molecule has 0 aliphatic rings. The summed E-state index contributed by atoms with van der Waals surface area (Å²) in [7, 11) is 0. The largest absolute Gasteiger partial charge is 0.494 e. The molecule has 0 atom stereocenters. The molecule has 2 N–H and O–H groups in total. The summed E-state index contributed by atoms with van der Waals surface area (Å²) in [4.78, 5) is 0. The molecule has 0 unspecified atom stereocenters. The van der Waals surface area contributed by atoms with E-state index in [1.54, 1.807) is 0 Å². The Labute approximate surface area is 438 Å². The summed E-state index contributed by atoms with van der Waals surface area (Å²) in [5.74, 6) is 2.01. The molecule has 0 aliphatic heterocycles. The number of nitrogens with one attached hydrogen (secondary N) is 2. The van der Waals surface area contributed by atoms with Crippen molar-refractivity contribution in [3.8, 4) is 11.5 Å². The van der Waals surface area contributed by atoms with E-state index in [9.17, 15) is 0 Å². The van der Waals surface area contributed by atoms with Crippen LogP contribution < -0.4 is 20.1 Å². The van der Waals surface area contributed by atoms with Crippen molar-refractivity contribution in [1.82, 2.24) is 10.6 Å². The van der Waals surface area contributed by atoms with Crippen molar-refractivity contribution in [2.75, 3.05) is 26.4 Å². The summed E-state index contributed by atoms with van der Waals surface area (Å²) in [6.07, 6.45) is 11.6. The van der Waals surface area contributed by atoms with Crippen molar-refractivity contribution in [2.45, 2.75) is 208 Å². The molecule has 0 bridgehead atoms. The number of benzene rings is 5. The normalized spacial score (nSPS) is 12.4. The van der Waals surface area contributed by atoms with Crippen molar-refractivity contribution in [3.63, 3.8) is 0 Å². The van der Waals surface area contributed by atoms with Crippen LogP contribution >= 0.6 is 0 Å². The average molecular weight is 982 g/mol. The van der Waals surface area contributed by atoms with Crippen LogP contribution in [0.3, 0.4) is 0 Å². The van der Waals surface area contributed by atoms with E-state index in [4.69, 9.17) is 18.9 Å². The lowest BCUT2D eigenvalue weighted by Crippen LogP contribution is -2.16. The predicted molar refractivity (Wildman–Crippen MR) is 305 cm³/mol. The van der Waals surface area contributed by atoms with Crippen LogP contribution in [0.15, 0.2) is 109 Å². The van der Waals surface area contributed by atoms with Crippen LogP contribution in [0.5, 0.6) is 11.5 Å². The molecule has 0 saturated carbocycles. The van der Waals surface area contributed by atoms with Crippen LogP contribution in [0.25, 0.3) is 0 Å². The summed E-state index contributed by atoms with van der Waals surface area (Å²) in [6.45, 7) is 35.1. The van der Waals surface area contributed by atoms with Gasteiger partial charge in [0.2, 0.25) is 0 Å². The summed E-state index contributed by atoms with van der Waals surface area (Å²) in [5, 5.41) is 7.22. The summed E-state index contributed by atoms with van der Waals surface area (Å²) >= 11 is 0. The van der Waals surface area contributed by atoms with Gasteiger partial charge in [-0.25, -0.2) is 0 Å². The molecule has 5 rings (SSSR count). The SMILES string of the molecule is CC(C)(C)c1cc(OCCCCCCCOCc2ccc(CNCc3ccc(CNCc4ccc(COCCCCCCCOc5cc(C(C)(C)C)cc(C(C)(C)C)c5)cc4)cc3)cc2)cc(C(C)(C)C)c1. The second-order valence-electron chi connectivity index (χ2n) is 24.5. The smallest absolute Gasteiger partial charge is 0.119 e. The third-order valence-corrected chi connectivity index (χ3v) is 13.6. The monoisotopic (exact) mass is 981 g/mol. The molecule has 394 valence electrons. The Kier molecular flexibility index (Phi) is 23.4. The minimum absolute atomic E-state index is 0.102. The maximum Gasteiger partial charge on any atom is 0.119 e. The molecule has 0 saturated heterocycles. The molecular weight excluding hydrogens is 885 g/mol. The summed E-state index contributed by atoms with van der Waals surface area (Å²) in [5.41, 5.74) is 13.4. The third-order valence-electron chi connectivity index (χ3n) is 13.6. The Hall–Kier alpha value is -4.46. The maximum atomic E-state index is 6.25. The van der Waals surface area contributed by atoms with Crippen LogP contribution in [0.1, 0.15) is 203 Å². The van der Waals surface area contributed by atoms with E-state index in [0.29, 0.717) is 13.2 Å². The highest BCUT2D eigenvalue weighted by molar-refractivity contribution is 5.42. The minimum Gasteiger partial charge on any atom is -0.494 e. The van der Waals surface area contributed by atoms with Gasteiger partial charge in [-0.05, 0) is 127 Å². The molecule has 5 aromatic rings. The van der Waals surface area contributed by atoms with Gasteiger partial charge < -0.3 is 29.6 Å². The van der Waals surface area contributed by atoms with E-state index < -0.39 is 0 Å². The molecule has 0 spiro atoms. The summed E-state index contributed by atoms with van der Waals surface area (Å²) < 4.78 is 24.5. The van der Waals surface area contributed by atoms with Crippen molar-refractivity contribution in [2.24, 2.45) is 0 Å². The van der Waals surface area contributed by atoms with E-state index >= 15 is 0 Å². The Morgan fingerprint density at radius 3 is 0.792 bits per heavy atom. The zero-order valence-corrected chi connectivity index (χ0v) is 47.2. The lowest BCUT2D eigenvalue weighted by Gasteiger charge is -2.26. The fourth-order valence-corrected chi connectivity index (χ4v) is 8.51. The minimum atomic E-state index is 0.102. The molecule has 0 fully saturated rings. The van der Waals surface area contributed by atoms with Gasteiger partial charge in [0, 0.05) is 39.4 Å². The van der Waals surface area contributed by atoms with Gasteiger partial charge in [-0.15, -0.1) is 0 Å². The van der Waals surface area contributed by atoms with Crippen molar-refractivity contribution >= 4 is 0 Å². The van der Waals surface area contributed by atoms with E-state index in [1.165, 1.54) is 94.2 Å². The maximum absolute atomic E-state index is 6.25. The average Bonchev–Trinajstić information content (AvgIpc) is 3.33. The Balaban J connectivity index is 0.836. The fraction of sp³-hybridized carbons (Fsp3) is 0.545. The van der Waals surface area contributed by atoms with Crippen LogP contribution in [0.4, 0.5) is 0 Å². The Morgan fingerprint density at radius 2 is 0.528 bits per heavy atom. The number of ether oxygens (including phenoxy) is 4. The first kappa shape index (κ1) is 58.4. The molecule has 0 amide bonds. The quantitative estimate of drug-likeness (QED) is 0.0447. The highest BCUT2D eigenvalue weighted by atomic mass is 16.5. The lowest BCUT2D eigenvalue weighted by molar-refractivity contribution is 0.116. The van der Waals surface area contributed by atoms with Crippen LogP contribution in [0.2, 0.25) is 0 Å². The molecule has 0 aliphatic carbocycles. The molecular formula is C66H96N2O4. The highest BCUT2D eigenvalue weighted by Crippen LogP contribution is 2.34. The van der Waals surface area contributed by atoms with Gasteiger partial charge >= 0.3 is 0 Å².